The minimum Gasteiger partial charge on any atom is -0.469 e. The fraction of sp³-hybridized carbons (Fsp3) is 0.412. The standard InChI is InChI=1S/C34H37N5O7/c1-5-33(43,6-2)31(42)36-23-14-18-11-12-24-21(13-18)34(20-9-7-8-10-22(20)37-32(34)45-24)27-26(29-35-19(15-40)16-44-29)39-30(46-27)25(17(3)4)38-28(23)41/h7-13,16-17,23,25,32,37,40,43H,5-6,14-15H2,1-4H3,(H,36,42)(H,38,41)/t23-,25-,32?,34?/m0/s1. The van der Waals surface area contributed by atoms with Gasteiger partial charge in [-0.05, 0) is 42.0 Å². The molecule has 46 heavy (non-hydrogen) atoms. The summed E-state index contributed by atoms with van der Waals surface area (Å²) in [7, 11) is 0. The molecule has 0 saturated heterocycles. The predicted molar refractivity (Wildman–Crippen MR) is 166 cm³/mol. The van der Waals surface area contributed by atoms with Crippen LogP contribution in [0.15, 0.2) is 57.6 Å². The lowest BCUT2D eigenvalue weighted by Crippen LogP contribution is -2.55. The number of ether oxygens (including phenoxy) is 1. The number of amides is 2. The number of anilines is 1. The molecule has 4 bridgehead atoms. The molecule has 2 aromatic carbocycles. The second-order valence-corrected chi connectivity index (χ2v) is 12.6. The molecule has 240 valence electrons. The van der Waals surface area contributed by atoms with Crippen molar-refractivity contribution in [2.24, 2.45) is 5.92 Å². The van der Waals surface area contributed by atoms with Gasteiger partial charge in [0.1, 0.15) is 40.8 Å². The van der Waals surface area contributed by atoms with E-state index in [0.29, 0.717) is 22.9 Å². The van der Waals surface area contributed by atoms with Gasteiger partial charge in [0.05, 0.1) is 6.61 Å². The summed E-state index contributed by atoms with van der Waals surface area (Å²) in [6.07, 6.45) is 1.32. The zero-order valence-electron chi connectivity index (χ0n) is 26.1. The number of hydrogen-bond acceptors (Lipinski definition) is 10. The molecule has 7 rings (SSSR count). The van der Waals surface area contributed by atoms with Gasteiger partial charge in [0.25, 0.3) is 5.91 Å². The molecule has 4 atom stereocenters. The van der Waals surface area contributed by atoms with Crippen molar-refractivity contribution in [1.29, 1.82) is 0 Å². The molecule has 0 aliphatic carbocycles. The second-order valence-electron chi connectivity index (χ2n) is 12.6. The van der Waals surface area contributed by atoms with Gasteiger partial charge in [-0.25, -0.2) is 9.97 Å². The van der Waals surface area contributed by atoms with Crippen molar-refractivity contribution >= 4 is 17.5 Å². The van der Waals surface area contributed by atoms with Crippen LogP contribution in [0.25, 0.3) is 11.6 Å². The van der Waals surface area contributed by atoms with Gasteiger partial charge in [-0.2, -0.15) is 0 Å². The summed E-state index contributed by atoms with van der Waals surface area (Å²) >= 11 is 0. The molecule has 5 heterocycles. The van der Waals surface area contributed by atoms with Gasteiger partial charge in [-0.15, -0.1) is 0 Å². The number of rotatable bonds is 7. The number of hydrogen-bond donors (Lipinski definition) is 5. The molecule has 2 amide bonds. The highest BCUT2D eigenvalue weighted by Gasteiger charge is 2.61. The highest BCUT2D eigenvalue weighted by Crippen LogP contribution is 2.59. The Kier molecular flexibility index (Phi) is 7.17. The number of aliphatic hydroxyl groups excluding tert-OH is 1. The maximum atomic E-state index is 14.0. The second kappa shape index (κ2) is 11.0. The molecule has 12 heteroatoms. The molecular weight excluding hydrogens is 590 g/mol. The summed E-state index contributed by atoms with van der Waals surface area (Å²) in [5, 5.41) is 30.2. The quantitative estimate of drug-likeness (QED) is 0.203. The largest absolute Gasteiger partial charge is 0.469 e. The van der Waals surface area contributed by atoms with Gasteiger partial charge in [0.15, 0.2) is 17.7 Å². The Hall–Kier alpha value is -4.68. The molecule has 1 spiro atoms. The third-order valence-electron chi connectivity index (χ3n) is 9.55. The SMILES string of the molecule is CCC(O)(CC)C(=O)N[C@H]1Cc2ccc3c(c2)C2(c4ccccc4NC2O3)c2oc(nc2-c2nc(CO)co2)[C@H](C(C)C)NC1=O. The minimum absolute atomic E-state index is 0.156. The summed E-state index contributed by atoms with van der Waals surface area (Å²) in [5.74, 6) is 0.195. The van der Waals surface area contributed by atoms with Crippen molar-refractivity contribution in [2.45, 2.75) is 82.9 Å². The third-order valence-corrected chi connectivity index (χ3v) is 9.55. The van der Waals surface area contributed by atoms with E-state index in [9.17, 15) is 19.8 Å². The van der Waals surface area contributed by atoms with Crippen LogP contribution in [0.2, 0.25) is 0 Å². The maximum Gasteiger partial charge on any atom is 0.252 e. The third kappa shape index (κ3) is 4.42. The number of para-hydroxylation sites is 1. The molecule has 3 aliphatic rings. The number of nitrogens with one attached hydrogen (secondary N) is 3. The molecule has 3 aliphatic heterocycles. The van der Waals surface area contributed by atoms with Crippen LogP contribution in [-0.2, 0) is 28.0 Å². The molecule has 0 saturated carbocycles. The summed E-state index contributed by atoms with van der Waals surface area (Å²) in [6.45, 7) is 7.02. The number of carbonyl (C=O) groups is 2. The molecule has 2 unspecified atom stereocenters. The topological polar surface area (TPSA) is 172 Å². The fourth-order valence-corrected chi connectivity index (χ4v) is 6.80. The Morgan fingerprint density at radius 2 is 1.91 bits per heavy atom. The average Bonchev–Trinajstić information content (AvgIpc) is 3.83. The maximum absolute atomic E-state index is 14.0. The van der Waals surface area contributed by atoms with Crippen LogP contribution in [0.1, 0.15) is 80.6 Å². The molecule has 0 fully saturated rings. The average molecular weight is 628 g/mol. The molecular formula is C34H37N5O7. The number of carbonyl (C=O) groups excluding carboxylic acids is 2. The molecule has 12 nitrogen and oxygen atoms in total. The lowest BCUT2D eigenvalue weighted by Gasteiger charge is -2.30. The highest BCUT2D eigenvalue weighted by atomic mass is 16.5. The molecule has 2 aromatic heterocycles. The summed E-state index contributed by atoms with van der Waals surface area (Å²) < 4.78 is 19.2. The van der Waals surface area contributed by atoms with E-state index in [1.54, 1.807) is 13.8 Å². The summed E-state index contributed by atoms with van der Waals surface area (Å²) in [4.78, 5) is 36.8. The van der Waals surface area contributed by atoms with Crippen LogP contribution in [0.4, 0.5) is 5.69 Å². The summed E-state index contributed by atoms with van der Waals surface area (Å²) in [6, 6.07) is 11.9. The number of benzene rings is 2. The van der Waals surface area contributed by atoms with E-state index in [4.69, 9.17) is 18.6 Å². The molecule has 0 radical (unpaired) electrons. The predicted octanol–water partition coefficient (Wildman–Crippen LogP) is 3.71. The molecule has 5 N–H and O–H groups in total. The Morgan fingerprint density at radius 3 is 2.63 bits per heavy atom. The first-order valence-electron chi connectivity index (χ1n) is 15.7. The van der Waals surface area contributed by atoms with Crippen LogP contribution in [-0.4, -0.2) is 49.9 Å². The van der Waals surface area contributed by atoms with Crippen molar-refractivity contribution in [3.63, 3.8) is 0 Å². The normalized spacial score (nSPS) is 23.0. The van der Waals surface area contributed by atoms with Crippen molar-refractivity contribution in [1.82, 2.24) is 20.6 Å². The Morgan fingerprint density at radius 1 is 1.13 bits per heavy atom. The van der Waals surface area contributed by atoms with Gasteiger partial charge in [-0.1, -0.05) is 58.0 Å². The van der Waals surface area contributed by atoms with Crippen LogP contribution < -0.4 is 20.7 Å². The van der Waals surface area contributed by atoms with E-state index in [1.165, 1.54) is 6.26 Å². The molecule has 4 aromatic rings. The zero-order valence-corrected chi connectivity index (χ0v) is 26.1. The number of nitrogens with zero attached hydrogens (tertiary/aromatic N) is 2. The number of aromatic nitrogens is 2. The first-order chi connectivity index (χ1) is 22.1. The first-order valence-corrected chi connectivity index (χ1v) is 15.7. The fourth-order valence-electron chi connectivity index (χ4n) is 6.80. The van der Waals surface area contributed by atoms with Crippen LogP contribution in [0, 0.1) is 5.92 Å². The minimum atomic E-state index is -1.61. The summed E-state index contributed by atoms with van der Waals surface area (Å²) in [5.41, 5.74) is 1.32. The van der Waals surface area contributed by atoms with E-state index in [1.807, 2.05) is 56.3 Å². The van der Waals surface area contributed by atoms with E-state index in [-0.39, 0.29) is 43.6 Å². The van der Waals surface area contributed by atoms with Gasteiger partial charge in [-0.3, -0.25) is 9.59 Å². The van der Waals surface area contributed by atoms with E-state index < -0.39 is 41.1 Å². The zero-order chi connectivity index (χ0) is 32.4. The van der Waals surface area contributed by atoms with Crippen molar-refractivity contribution < 1.29 is 33.4 Å². The first kappa shape index (κ1) is 30.0. The monoisotopic (exact) mass is 627 g/mol. The van der Waals surface area contributed by atoms with E-state index in [0.717, 1.165) is 22.4 Å². The highest BCUT2D eigenvalue weighted by molar-refractivity contribution is 5.91. The van der Waals surface area contributed by atoms with Gasteiger partial charge in [0.2, 0.25) is 17.7 Å². The Bertz CT molecular complexity index is 1830. The van der Waals surface area contributed by atoms with Crippen LogP contribution in [0.5, 0.6) is 5.75 Å². The van der Waals surface area contributed by atoms with Crippen molar-refractivity contribution in [3.8, 4) is 17.3 Å². The smallest absolute Gasteiger partial charge is 0.252 e. The lowest BCUT2D eigenvalue weighted by atomic mass is 9.72. The number of oxazole rings is 2. The van der Waals surface area contributed by atoms with Gasteiger partial charge in [0, 0.05) is 17.7 Å². The van der Waals surface area contributed by atoms with Crippen molar-refractivity contribution in [2.75, 3.05) is 5.32 Å². The Balaban J connectivity index is 1.47. The Labute approximate surface area is 265 Å². The lowest BCUT2D eigenvalue weighted by molar-refractivity contribution is -0.143. The van der Waals surface area contributed by atoms with Gasteiger partial charge >= 0.3 is 0 Å². The van der Waals surface area contributed by atoms with Crippen LogP contribution in [0.3, 0.4) is 0 Å². The van der Waals surface area contributed by atoms with E-state index >= 15 is 0 Å². The van der Waals surface area contributed by atoms with Crippen molar-refractivity contribution in [3.05, 3.63) is 82.8 Å². The van der Waals surface area contributed by atoms with E-state index in [2.05, 4.69) is 20.9 Å². The number of aliphatic hydroxyl groups is 2. The number of fused-ring (bicyclic) bond motifs is 4. The van der Waals surface area contributed by atoms with Crippen LogP contribution >= 0.6 is 0 Å². The van der Waals surface area contributed by atoms with Gasteiger partial charge < -0.3 is 39.7 Å².